The predicted molar refractivity (Wildman–Crippen MR) is 78.6 cm³/mol. The summed E-state index contributed by atoms with van der Waals surface area (Å²) >= 11 is 0. The first-order valence-electron chi connectivity index (χ1n) is 6.92. The van der Waals surface area contributed by atoms with Crippen molar-refractivity contribution in [3.8, 4) is 0 Å². The molecule has 2 aliphatic heterocycles. The quantitative estimate of drug-likeness (QED) is 0.858. The number of aryl methyl sites for hydroxylation is 1. The first-order chi connectivity index (χ1) is 9.56. The van der Waals surface area contributed by atoms with Crippen molar-refractivity contribution < 1.29 is 13.2 Å². The Hall–Kier alpha value is -1.17. The minimum Gasteiger partial charge on any atom is -0.378 e. The Morgan fingerprint density at radius 1 is 1.15 bits per heavy atom. The van der Waals surface area contributed by atoms with Gasteiger partial charge in [0.15, 0.2) is 0 Å². The van der Waals surface area contributed by atoms with Gasteiger partial charge in [-0.3, -0.25) is 0 Å². The van der Waals surface area contributed by atoms with E-state index in [1.165, 1.54) is 5.41 Å². The van der Waals surface area contributed by atoms with E-state index in [4.69, 9.17) is 4.74 Å². The number of sulfonamides is 1. The molecule has 4 nitrogen and oxygen atoms in total. The van der Waals surface area contributed by atoms with Crippen LogP contribution in [0, 0.1) is 6.92 Å². The fraction of sp³-hybridized carbons (Fsp3) is 0.467. The maximum Gasteiger partial charge on any atom is 0.236 e. The van der Waals surface area contributed by atoms with Crippen molar-refractivity contribution in [2.45, 2.75) is 31.8 Å². The molecule has 1 aromatic carbocycles. The Bertz CT molecular complexity index is 591. The highest BCUT2D eigenvalue weighted by Gasteiger charge is 2.43. The van der Waals surface area contributed by atoms with Crippen LogP contribution in [0.4, 0.5) is 0 Å². The van der Waals surface area contributed by atoms with E-state index in [-0.39, 0.29) is 12.1 Å². The Labute approximate surface area is 120 Å². The Morgan fingerprint density at radius 3 is 2.35 bits per heavy atom. The third kappa shape index (κ3) is 2.66. The number of morpholine rings is 1. The predicted octanol–water partition coefficient (Wildman–Crippen LogP) is 2.16. The van der Waals surface area contributed by atoms with Crippen LogP contribution >= 0.6 is 0 Å². The minimum atomic E-state index is -3.35. The number of rotatable bonds is 3. The zero-order chi connectivity index (χ0) is 14.2. The number of benzene rings is 1. The van der Waals surface area contributed by atoms with Gasteiger partial charge in [0.05, 0.1) is 13.2 Å². The summed E-state index contributed by atoms with van der Waals surface area (Å²) in [5, 5.41) is 1.33. The molecule has 0 N–H and O–H groups in total. The standard InChI is InChI=1S/C15H19NO3S/c1-12-2-4-13(5-3-12)8-9-20(17,18)16-14-6-7-15(16)11-19-10-14/h2-5,8-9,14-15H,6-7,10-11H2,1H3. The van der Waals surface area contributed by atoms with E-state index >= 15 is 0 Å². The molecule has 1 aromatic rings. The van der Waals surface area contributed by atoms with E-state index in [0.717, 1.165) is 24.0 Å². The molecule has 0 spiro atoms. The molecule has 0 aromatic heterocycles. The van der Waals surface area contributed by atoms with Gasteiger partial charge in [0, 0.05) is 17.5 Å². The Morgan fingerprint density at radius 2 is 1.75 bits per heavy atom. The van der Waals surface area contributed by atoms with E-state index < -0.39 is 10.0 Å². The molecule has 0 saturated carbocycles. The van der Waals surface area contributed by atoms with Crippen molar-refractivity contribution in [3.05, 3.63) is 40.8 Å². The highest BCUT2D eigenvalue weighted by Crippen LogP contribution is 2.32. The average molecular weight is 293 g/mol. The van der Waals surface area contributed by atoms with Gasteiger partial charge in [-0.25, -0.2) is 8.42 Å². The van der Waals surface area contributed by atoms with Gasteiger partial charge < -0.3 is 4.74 Å². The van der Waals surface area contributed by atoms with Gasteiger partial charge in [-0.1, -0.05) is 29.8 Å². The summed E-state index contributed by atoms with van der Waals surface area (Å²) < 4.78 is 32.0. The summed E-state index contributed by atoms with van der Waals surface area (Å²) in [6, 6.07) is 7.84. The van der Waals surface area contributed by atoms with E-state index in [9.17, 15) is 8.42 Å². The molecule has 2 unspecified atom stereocenters. The van der Waals surface area contributed by atoms with Gasteiger partial charge in [-0.15, -0.1) is 0 Å². The van der Waals surface area contributed by atoms with E-state index in [0.29, 0.717) is 13.2 Å². The van der Waals surface area contributed by atoms with Crippen molar-refractivity contribution in [2.24, 2.45) is 0 Å². The summed E-state index contributed by atoms with van der Waals surface area (Å²) in [7, 11) is -3.35. The summed E-state index contributed by atoms with van der Waals surface area (Å²) in [4.78, 5) is 0. The molecule has 2 bridgehead atoms. The fourth-order valence-corrected chi connectivity index (χ4v) is 4.55. The molecule has 2 saturated heterocycles. The molecule has 20 heavy (non-hydrogen) atoms. The lowest BCUT2D eigenvalue weighted by Crippen LogP contribution is -2.48. The largest absolute Gasteiger partial charge is 0.378 e. The van der Waals surface area contributed by atoms with Crippen LogP contribution in [0.25, 0.3) is 6.08 Å². The minimum absolute atomic E-state index is 0.0152. The second kappa shape index (κ2) is 5.31. The van der Waals surface area contributed by atoms with Gasteiger partial charge in [-0.2, -0.15) is 4.31 Å². The second-order valence-electron chi connectivity index (χ2n) is 5.51. The lowest BCUT2D eigenvalue weighted by Gasteiger charge is -2.32. The molecule has 0 aliphatic carbocycles. The van der Waals surface area contributed by atoms with Crippen LogP contribution in [0.2, 0.25) is 0 Å². The average Bonchev–Trinajstić information content (AvgIpc) is 2.70. The van der Waals surface area contributed by atoms with Crippen LogP contribution in [-0.4, -0.2) is 38.0 Å². The molecule has 5 heteroatoms. The first kappa shape index (κ1) is 13.8. The summed E-state index contributed by atoms with van der Waals surface area (Å²) in [5.74, 6) is 0. The van der Waals surface area contributed by atoms with Crippen molar-refractivity contribution in [1.82, 2.24) is 4.31 Å². The van der Waals surface area contributed by atoms with Crippen LogP contribution in [-0.2, 0) is 14.8 Å². The number of hydrogen-bond acceptors (Lipinski definition) is 3. The highest BCUT2D eigenvalue weighted by atomic mass is 32.2. The maximum absolute atomic E-state index is 12.5. The topological polar surface area (TPSA) is 46.6 Å². The summed E-state index contributed by atoms with van der Waals surface area (Å²) in [6.45, 7) is 3.05. The normalized spacial score (nSPS) is 27.2. The number of nitrogens with zero attached hydrogens (tertiary/aromatic N) is 1. The second-order valence-corrected chi connectivity index (χ2v) is 7.23. The SMILES string of the molecule is Cc1ccc(C=CS(=O)(=O)N2C3CCC2COC3)cc1. The van der Waals surface area contributed by atoms with Crippen molar-refractivity contribution in [1.29, 1.82) is 0 Å². The van der Waals surface area contributed by atoms with Gasteiger partial charge in [0.2, 0.25) is 10.0 Å². The van der Waals surface area contributed by atoms with E-state index in [2.05, 4.69) is 0 Å². The lowest BCUT2D eigenvalue weighted by atomic mass is 10.2. The monoisotopic (exact) mass is 293 g/mol. The summed E-state index contributed by atoms with van der Waals surface area (Å²) in [6.07, 6.45) is 3.48. The first-order valence-corrected chi connectivity index (χ1v) is 8.42. The molecular weight excluding hydrogens is 274 g/mol. The Balaban J connectivity index is 1.80. The van der Waals surface area contributed by atoms with Crippen molar-refractivity contribution in [2.75, 3.05) is 13.2 Å². The van der Waals surface area contributed by atoms with Gasteiger partial charge in [0.1, 0.15) is 0 Å². The van der Waals surface area contributed by atoms with E-state index in [1.807, 2.05) is 31.2 Å². The van der Waals surface area contributed by atoms with Crippen LogP contribution in [0.15, 0.2) is 29.7 Å². The smallest absolute Gasteiger partial charge is 0.236 e. The van der Waals surface area contributed by atoms with Crippen LogP contribution in [0.3, 0.4) is 0 Å². The van der Waals surface area contributed by atoms with Gasteiger partial charge in [-0.05, 0) is 31.4 Å². The third-order valence-electron chi connectivity index (χ3n) is 3.98. The molecule has 2 aliphatic rings. The number of hydrogen-bond donors (Lipinski definition) is 0. The van der Waals surface area contributed by atoms with Crippen molar-refractivity contribution in [3.63, 3.8) is 0 Å². The fourth-order valence-electron chi connectivity index (χ4n) is 2.92. The zero-order valence-electron chi connectivity index (χ0n) is 11.5. The molecule has 3 rings (SSSR count). The zero-order valence-corrected chi connectivity index (χ0v) is 12.3. The van der Waals surface area contributed by atoms with Gasteiger partial charge in [0.25, 0.3) is 0 Å². The van der Waals surface area contributed by atoms with Crippen LogP contribution < -0.4 is 0 Å². The molecular formula is C15H19NO3S. The maximum atomic E-state index is 12.5. The molecule has 2 heterocycles. The summed E-state index contributed by atoms with van der Waals surface area (Å²) in [5.41, 5.74) is 2.07. The third-order valence-corrected chi connectivity index (χ3v) is 5.64. The van der Waals surface area contributed by atoms with Crippen LogP contribution in [0.5, 0.6) is 0 Å². The van der Waals surface area contributed by atoms with Crippen LogP contribution in [0.1, 0.15) is 24.0 Å². The van der Waals surface area contributed by atoms with E-state index in [1.54, 1.807) is 10.4 Å². The lowest BCUT2D eigenvalue weighted by molar-refractivity contribution is 0.0275. The van der Waals surface area contributed by atoms with Gasteiger partial charge >= 0.3 is 0 Å². The van der Waals surface area contributed by atoms with Crippen molar-refractivity contribution >= 4 is 16.1 Å². The molecule has 0 radical (unpaired) electrons. The molecule has 108 valence electrons. The number of fused-ring (bicyclic) bond motifs is 2. The molecule has 2 fully saturated rings. The molecule has 0 amide bonds. The molecule has 2 atom stereocenters. The highest BCUT2D eigenvalue weighted by molar-refractivity contribution is 7.92. The Kier molecular flexibility index (Phi) is 3.67. The number of ether oxygens (including phenoxy) is 1.